The molecule has 3 heterocycles. The minimum absolute atomic E-state index is 0.00678. The molecule has 0 aromatic carbocycles. The fourth-order valence-corrected chi connectivity index (χ4v) is 6.42. The van der Waals surface area contributed by atoms with Crippen molar-refractivity contribution < 1.29 is 0 Å². The van der Waals surface area contributed by atoms with Crippen LogP contribution in [0.2, 0.25) is 0 Å². The van der Waals surface area contributed by atoms with E-state index in [1.807, 2.05) is 14.0 Å². The molecular formula is C16H19N5OS3. The van der Waals surface area contributed by atoms with E-state index in [0.29, 0.717) is 11.7 Å². The van der Waals surface area contributed by atoms with E-state index < -0.39 is 0 Å². The summed E-state index contributed by atoms with van der Waals surface area (Å²) in [5.41, 5.74) is 1.22. The number of aromatic nitrogens is 4. The number of hydrogen-bond donors (Lipinski definition) is 2. The Bertz CT molecular complexity index is 976. The Morgan fingerprint density at radius 3 is 2.96 bits per heavy atom. The van der Waals surface area contributed by atoms with Crippen molar-refractivity contribution in [2.75, 3.05) is 12.4 Å². The lowest BCUT2D eigenvalue weighted by Gasteiger charge is -2.17. The molecular weight excluding hydrogens is 374 g/mol. The standard InChI is InChI=1S/C16H19N5OS3/c1-7-4-5-9-10(6-7)24-14-11(9)13(22)18-12(19-14)8(2)23-16-21-20-15(17-3)25-16/h7-8H,4-6H2,1-3H3,(H,17,20)(H,18,19,22)/t7-,8+/m0/s1. The third-order valence-corrected chi connectivity index (χ3v) is 7.75. The molecule has 0 amide bonds. The second kappa shape index (κ2) is 6.69. The van der Waals surface area contributed by atoms with Crippen LogP contribution in [0.15, 0.2) is 9.13 Å². The molecule has 0 bridgehead atoms. The van der Waals surface area contributed by atoms with Crippen LogP contribution in [0, 0.1) is 5.92 Å². The number of nitrogens with one attached hydrogen (secondary N) is 2. The summed E-state index contributed by atoms with van der Waals surface area (Å²) < 4.78 is 0.860. The average Bonchev–Trinajstić information content (AvgIpc) is 3.17. The molecule has 3 aromatic heterocycles. The summed E-state index contributed by atoms with van der Waals surface area (Å²) >= 11 is 4.75. The SMILES string of the molecule is CNc1nnc(S[C@H](C)c2nc3sc4c(c3c(=O)[nH]2)CC[C@H](C)C4)s1. The van der Waals surface area contributed by atoms with Crippen LogP contribution in [0.5, 0.6) is 0 Å². The quantitative estimate of drug-likeness (QED) is 0.655. The van der Waals surface area contributed by atoms with Gasteiger partial charge in [0.25, 0.3) is 5.56 Å². The Hall–Kier alpha value is -1.45. The van der Waals surface area contributed by atoms with Crippen molar-refractivity contribution in [3.63, 3.8) is 0 Å². The maximum absolute atomic E-state index is 12.7. The van der Waals surface area contributed by atoms with Gasteiger partial charge < -0.3 is 10.3 Å². The molecule has 2 atom stereocenters. The number of nitrogens with zero attached hydrogens (tertiary/aromatic N) is 3. The highest BCUT2D eigenvalue weighted by atomic mass is 32.2. The minimum Gasteiger partial charge on any atom is -0.363 e. The van der Waals surface area contributed by atoms with E-state index in [0.717, 1.165) is 39.0 Å². The van der Waals surface area contributed by atoms with E-state index in [2.05, 4.69) is 27.4 Å². The van der Waals surface area contributed by atoms with Gasteiger partial charge in [0.1, 0.15) is 10.7 Å². The van der Waals surface area contributed by atoms with Crippen LogP contribution < -0.4 is 10.9 Å². The third kappa shape index (κ3) is 3.20. The molecule has 9 heteroatoms. The lowest BCUT2D eigenvalue weighted by atomic mass is 9.89. The highest BCUT2D eigenvalue weighted by Crippen LogP contribution is 2.38. The minimum atomic E-state index is -0.00678. The van der Waals surface area contributed by atoms with Crippen molar-refractivity contribution in [3.05, 3.63) is 26.6 Å². The maximum Gasteiger partial charge on any atom is 0.259 e. The lowest BCUT2D eigenvalue weighted by Crippen LogP contribution is -2.15. The Morgan fingerprint density at radius 1 is 1.36 bits per heavy atom. The van der Waals surface area contributed by atoms with Gasteiger partial charge in [0, 0.05) is 11.9 Å². The summed E-state index contributed by atoms with van der Waals surface area (Å²) in [6.45, 7) is 4.31. The van der Waals surface area contributed by atoms with E-state index in [1.165, 1.54) is 21.8 Å². The summed E-state index contributed by atoms with van der Waals surface area (Å²) in [5, 5.41) is 12.8. The van der Waals surface area contributed by atoms with Crippen LogP contribution in [0.3, 0.4) is 0 Å². The molecule has 1 aliphatic rings. The van der Waals surface area contributed by atoms with Gasteiger partial charge >= 0.3 is 0 Å². The molecule has 0 saturated heterocycles. The molecule has 0 radical (unpaired) electrons. The van der Waals surface area contributed by atoms with Crippen molar-refractivity contribution in [3.8, 4) is 0 Å². The van der Waals surface area contributed by atoms with Crippen molar-refractivity contribution in [1.82, 2.24) is 20.2 Å². The molecule has 3 aromatic rings. The van der Waals surface area contributed by atoms with E-state index >= 15 is 0 Å². The molecule has 0 fully saturated rings. The van der Waals surface area contributed by atoms with Crippen molar-refractivity contribution in [1.29, 1.82) is 0 Å². The van der Waals surface area contributed by atoms with Crippen LogP contribution in [-0.2, 0) is 12.8 Å². The van der Waals surface area contributed by atoms with Gasteiger partial charge in [0.05, 0.1) is 10.6 Å². The molecule has 0 unspecified atom stereocenters. The molecule has 0 spiro atoms. The van der Waals surface area contributed by atoms with Gasteiger partial charge in [-0.15, -0.1) is 21.5 Å². The van der Waals surface area contributed by atoms with Crippen LogP contribution in [-0.4, -0.2) is 27.2 Å². The smallest absolute Gasteiger partial charge is 0.259 e. The maximum atomic E-state index is 12.7. The number of fused-ring (bicyclic) bond motifs is 3. The summed E-state index contributed by atoms with van der Waals surface area (Å²) in [5.74, 6) is 1.39. The summed E-state index contributed by atoms with van der Waals surface area (Å²) in [6, 6.07) is 0. The fourth-order valence-electron chi connectivity index (χ4n) is 3.12. The molecule has 0 saturated carbocycles. The van der Waals surface area contributed by atoms with E-state index in [4.69, 9.17) is 4.98 Å². The van der Waals surface area contributed by atoms with Gasteiger partial charge in [0.15, 0.2) is 4.34 Å². The second-order valence-corrected chi connectivity index (χ2v) is 10.0. The second-order valence-electron chi connectivity index (χ2n) is 6.37. The van der Waals surface area contributed by atoms with E-state index in [-0.39, 0.29) is 10.8 Å². The fraction of sp³-hybridized carbons (Fsp3) is 0.500. The largest absolute Gasteiger partial charge is 0.363 e. The van der Waals surface area contributed by atoms with Gasteiger partial charge in [-0.2, -0.15) is 0 Å². The van der Waals surface area contributed by atoms with E-state index in [1.54, 1.807) is 23.1 Å². The zero-order chi connectivity index (χ0) is 17.6. The Balaban J connectivity index is 1.67. The predicted octanol–water partition coefficient (Wildman–Crippen LogP) is 3.86. The van der Waals surface area contributed by atoms with Gasteiger partial charge in [-0.1, -0.05) is 30.0 Å². The zero-order valence-electron chi connectivity index (χ0n) is 14.3. The topological polar surface area (TPSA) is 83.6 Å². The number of aryl methyl sites for hydroxylation is 1. The first-order valence-corrected chi connectivity index (χ1v) is 10.8. The summed E-state index contributed by atoms with van der Waals surface area (Å²) in [6.07, 6.45) is 3.20. The summed E-state index contributed by atoms with van der Waals surface area (Å²) in [4.78, 5) is 22.7. The number of anilines is 1. The number of rotatable bonds is 4. The Kier molecular flexibility index (Phi) is 4.55. The Morgan fingerprint density at radius 2 is 2.20 bits per heavy atom. The first-order valence-electron chi connectivity index (χ1n) is 8.27. The highest BCUT2D eigenvalue weighted by Gasteiger charge is 2.24. The van der Waals surface area contributed by atoms with Gasteiger partial charge in [-0.25, -0.2) is 4.98 Å². The van der Waals surface area contributed by atoms with Gasteiger partial charge in [0.2, 0.25) is 5.13 Å². The van der Waals surface area contributed by atoms with Crippen LogP contribution in [0.4, 0.5) is 5.13 Å². The molecule has 132 valence electrons. The summed E-state index contributed by atoms with van der Waals surface area (Å²) in [7, 11) is 1.82. The van der Waals surface area contributed by atoms with Crippen molar-refractivity contribution in [2.24, 2.45) is 5.92 Å². The first kappa shape index (κ1) is 17.0. The zero-order valence-corrected chi connectivity index (χ0v) is 16.7. The number of hydrogen-bond acceptors (Lipinski definition) is 8. The highest BCUT2D eigenvalue weighted by molar-refractivity contribution is 8.01. The molecule has 25 heavy (non-hydrogen) atoms. The Labute approximate surface area is 157 Å². The first-order chi connectivity index (χ1) is 12.0. The monoisotopic (exact) mass is 393 g/mol. The average molecular weight is 394 g/mol. The van der Waals surface area contributed by atoms with Crippen molar-refractivity contribution in [2.45, 2.75) is 42.7 Å². The van der Waals surface area contributed by atoms with Gasteiger partial charge in [-0.05, 0) is 37.7 Å². The molecule has 0 aliphatic heterocycles. The third-order valence-electron chi connectivity index (χ3n) is 4.47. The molecule has 2 N–H and O–H groups in total. The number of thiophene rings is 1. The van der Waals surface area contributed by atoms with Crippen molar-refractivity contribution >= 4 is 49.8 Å². The lowest BCUT2D eigenvalue weighted by molar-refractivity contribution is 0.509. The predicted molar refractivity (Wildman–Crippen MR) is 105 cm³/mol. The molecule has 6 nitrogen and oxygen atoms in total. The van der Waals surface area contributed by atoms with Gasteiger partial charge in [-0.3, -0.25) is 4.79 Å². The number of thioether (sulfide) groups is 1. The number of H-pyrrole nitrogens is 1. The molecule has 1 aliphatic carbocycles. The van der Waals surface area contributed by atoms with E-state index in [9.17, 15) is 4.79 Å². The van der Waals surface area contributed by atoms with Crippen LogP contribution >= 0.6 is 34.4 Å². The number of aromatic amines is 1. The normalized spacial score (nSPS) is 18.3. The molecule has 4 rings (SSSR count). The van der Waals surface area contributed by atoms with Crippen LogP contribution in [0.1, 0.15) is 41.8 Å². The van der Waals surface area contributed by atoms with Crippen LogP contribution in [0.25, 0.3) is 10.2 Å².